The van der Waals surface area contributed by atoms with Crippen LogP contribution >= 0.6 is 24.0 Å². The molecule has 2 atom stereocenters. The van der Waals surface area contributed by atoms with Crippen molar-refractivity contribution in [1.29, 1.82) is 0 Å². The number of halogens is 1. The van der Waals surface area contributed by atoms with Crippen LogP contribution in [0, 0.1) is 0 Å². The lowest BCUT2D eigenvalue weighted by molar-refractivity contribution is 0.0526. The summed E-state index contributed by atoms with van der Waals surface area (Å²) < 4.78 is 10.9. The Morgan fingerprint density at radius 3 is 2.35 bits per heavy atom. The Kier molecular flexibility index (Phi) is 9.73. The monoisotopic (exact) mass is 544 g/mol. The van der Waals surface area contributed by atoms with E-state index in [0.29, 0.717) is 24.7 Å². The van der Waals surface area contributed by atoms with E-state index in [1.807, 2.05) is 6.07 Å². The molecule has 6 nitrogen and oxygen atoms in total. The third kappa shape index (κ3) is 6.40. The van der Waals surface area contributed by atoms with Crippen LogP contribution in [-0.2, 0) is 5.41 Å². The van der Waals surface area contributed by atoms with Gasteiger partial charge in [-0.1, -0.05) is 26.3 Å². The first-order chi connectivity index (χ1) is 14.4. The highest BCUT2D eigenvalue weighted by Gasteiger charge is 2.36. The van der Waals surface area contributed by atoms with Crippen LogP contribution in [0.15, 0.2) is 23.2 Å². The molecule has 2 saturated heterocycles. The number of aliphatic imine (C=N–C) groups is 1. The maximum atomic E-state index is 5.49. The SMILES string of the molecule is CCNC(=NCC(C)(C)c1ccc(OC)c(OC)c1)NC1CC2CCCC(C1)N2C.I. The first-order valence-electron chi connectivity index (χ1n) is 11.4. The number of hydrogen-bond acceptors (Lipinski definition) is 4. The van der Waals surface area contributed by atoms with E-state index in [2.05, 4.69) is 55.5 Å². The topological polar surface area (TPSA) is 58.1 Å². The number of piperidine rings is 2. The molecular formula is C24H41IN4O2. The lowest BCUT2D eigenvalue weighted by Gasteiger charge is -2.47. The molecule has 7 heteroatoms. The van der Waals surface area contributed by atoms with Crippen molar-refractivity contribution in [2.75, 3.05) is 34.4 Å². The fraction of sp³-hybridized carbons (Fsp3) is 0.708. The second-order valence-corrected chi connectivity index (χ2v) is 9.37. The van der Waals surface area contributed by atoms with Crippen LogP contribution in [0.25, 0.3) is 0 Å². The molecule has 2 aliphatic heterocycles. The van der Waals surface area contributed by atoms with Gasteiger partial charge in [-0.3, -0.25) is 4.99 Å². The first kappa shape index (κ1) is 26.0. The number of nitrogens with one attached hydrogen (secondary N) is 2. The second kappa shape index (κ2) is 11.6. The van der Waals surface area contributed by atoms with Gasteiger partial charge in [0.25, 0.3) is 0 Å². The number of guanidine groups is 1. The van der Waals surface area contributed by atoms with Crippen molar-refractivity contribution < 1.29 is 9.47 Å². The number of nitrogens with zero attached hydrogens (tertiary/aromatic N) is 2. The van der Waals surface area contributed by atoms with Crippen molar-refractivity contribution in [3.8, 4) is 11.5 Å². The zero-order valence-corrected chi connectivity index (χ0v) is 22.4. The molecule has 0 amide bonds. The zero-order valence-electron chi connectivity index (χ0n) is 20.0. The predicted molar refractivity (Wildman–Crippen MR) is 139 cm³/mol. The summed E-state index contributed by atoms with van der Waals surface area (Å²) in [6.45, 7) is 8.13. The number of rotatable bonds is 7. The molecule has 2 heterocycles. The van der Waals surface area contributed by atoms with Gasteiger partial charge in [-0.2, -0.15) is 0 Å². The predicted octanol–water partition coefficient (Wildman–Crippen LogP) is 4.17. The van der Waals surface area contributed by atoms with Crippen LogP contribution in [-0.4, -0.2) is 63.3 Å². The average Bonchev–Trinajstić information content (AvgIpc) is 2.72. The van der Waals surface area contributed by atoms with Gasteiger partial charge in [0.1, 0.15) is 0 Å². The van der Waals surface area contributed by atoms with E-state index in [4.69, 9.17) is 14.5 Å². The number of hydrogen-bond donors (Lipinski definition) is 2. The fourth-order valence-electron chi connectivity index (χ4n) is 4.87. The minimum Gasteiger partial charge on any atom is -0.493 e. The Bertz CT molecular complexity index is 726. The summed E-state index contributed by atoms with van der Waals surface area (Å²) in [5, 5.41) is 7.19. The van der Waals surface area contributed by atoms with E-state index >= 15 is 0 Å². The van der Waals surface area contributed by atoms with Crippen LogP contribution in [0.3, 0.4) is 0 Å². The summed E-state index contributed by atoms with van der Waals surface area (Å²) in [4.78, 5) is 7.58. The number of ether oxygens (including phenoxy) is 2. The standard InChI is InChI=1S/C24H40N4O2.HI/c1-7-25-23(27-18-14-19-9-8-10-20(15-18)28(19)4)26-16-24(2,3)17-11-12-21(29-5)22(13-17)30-6;/h11-13,18-20H,7-10,14-16H2,1-6H3,(H2,25,26,27);1H. The summed E-state index contributed by atoms with van der Waals surface area (Å²) in [5.74, 6) is 2.44. The number of fused-ring (bicyclic) bond motifs is 2. The van der Waals surface area contributed by atoms with Gasteiger partial charge in [0.15, 0.2) is 17.5 Å². The van der Waals surface area contributed by atoms with Gasteiger partial charge in [-0.25, -0.2) is 0 Å². The molecule has 2 fully saturated rings. The molecule has 2 unspecified atom stereocenters. The minimum absolute atomic E-state index is 0. The van der Waals surface area contributed by atoms with Crippen molar-refractivity contribution in [2.24, 2.45) is 4.99 Å². The fourth-order valence-corrected chi connectivity index (χ4v) is 4.87. The Morgan fingerprint density at radius 1 is 1.13 bits per heavy atom. The maximum absolute atomic E-state index is 5.49. The van der Waals surface area contributed by atoms with Gasteiger partial charge in [-0.15, -0.1) is 24.0 Å². The molecule has 0 aromatic heterocycles. The number of benzene rings is 1. The van der Waals surface area contributed by atoms with Gasteiger partial charge in [0.2, 0.25) is 0 Å². The minimum atomic E-state index is -0.120. The van der Waals surface area contributed by atoms with Crippen LogP contribution < -0.4 is 20.1 Å². The Balaban J connectivity index is 0.00000341. The summed E-state index contributed by atoms with van der Waals surface area (Å²) in [6, 6.07) is 8.06. The highest BCUT2D eigenvalue weighted by molar-refractivity contribution is 14.0. The first-order valence-corrected chi connectivity index (χ1v) is 11.4. The normalized spacial score (nSPS) is 24.2. The van der Waals surface area contributed by atoms with E-state index in [9.17, 15) is 0 Å². The van der Waals surface area contributed by atoms with Crippen molar-refractivity contribution in [2.45, 2.75) is 76.4 Å². The summed E-state index contributed by atoms with van der Waals surface area (Å²) in [7, 11) is 5.64. The van der Waals surface area contributed by atoms with E-state index in [1.54, 1.807) is 14.2 Å². The molecule has 2 N–H and O–H groups in total. The van der Waals surface area contributed by atoms with Crippen LogP contribution in [0.5, 0.6) is 11.5 Å². The molecule has 0 radical (unpaired) electrons. The van der Waals surface area contributed by atoms with E-state index in [-0.39, 0.29) is 29.4 Å². The second-order valence-electron chi connectivity index (χ2n) is 9.37. The maximum Gasteiger partial charge on any atom is 0.191 e. The Hall–Kier alpha value is -1.22. The molecule has 1 aromatic rings. The number of methoxy groups -OCH3 is 2. The lowest BCUT2D eigenvalue weighted by Crippen LogP contribution is -2.56. The molecular weight excluding hydrogens is 503 g/mol. The highest BCUT2D eigenvalue weighted by Crippen LogP contribution is 2.34. The van der Waals surface area contributed by atoms with Crippen LogP contribution in [0.2, 0.25) is 0 Å². The molecule has 2 bridgehead atoms. The van der Waals surface area contributed by atoms with Crippen molar-refractivity contribution in [3.63, 3.8) is 0 Å². The zero-order chi connectivity index (χ0) is 21.7. The smallest absolute Gasteiger partial charge is 0.191 e. The molecule has 176 valence electrons. The van der Waals surface area contributed by atoms with Gasteiger partial charge in [0, 0.05) is 30.1 Å². The van der Waals surface area contributed by atoms with E-state index < -0.39 is 0 Å². The third-order valence-corrected chi connectivity index (χ3v) is 6.82. The lowest BCUT2D eigenvalue weighted by atomic mass is 9.82. The van der Waals surface area contributed by atoms with Gasteiger partial charge in [-0.05, 0) is 57.4 Å². The highest BCUT2D eigenvalue weighted by atomic mass is 127. The summed E-state index contributed by atoms with van der Waals surface area (Å²) in [6.07, 6.45) is 6.43. The Morgan fingerprint density at radius 2 is 1.77 bits per heavy atom. The van der Waals surface area contributed by atoms with E-state index in [0.717, 1.165) is 24.0 Å². The van der Waals surface area contributed by atoms with Crippen molar-refractivity contribution >= 4 is 29.9 Å². The van der Waals surface area contributed by atoms with Crippen LogP contribution in [0.1, 0.15) is 58.4 Å². The molecule has 3 rings (SSSR count). The molecule has 1 aromatic carbocycles. The molecule has 0 spiro atoms. The van der Waals surface area contributed by atoms with Gasteiger partial charge in [0.05, 0.1) is 20.8 Å². The van der Waals surface area contributed by atoms with E-state index in [1.165, 1.54) is 37.7 Å². The van der Waals surface area contributed by atoms with Gasteiger partial charge >= 0.3 is 0 Å². The largest absolute Gasteiger partial charge is 0.493 e. The molecule has 31 heavy (non-hydrogen) atoms. The molecule has 2 aliphatic rings. The average molecular weight is 545 g/mol. The van der Waals surface area contributed by atoms with Crippen molar-refractivity contribution in [1.82, 2.24) is 15.5 Å². The van der Waals surface area contributed by atoms with Crippen LogP contribution in [0.4, 0.5) is 0 Å². The Labute approximate surface area is 205 Å². The summed E-state index contributed by atoms with van der Waals surface area (Å²) >= 11 is 0. The summed E-state index contributed by atoms with van der Waals surface area (Å²) in [5.41, 5.74) is 1.07. The quantitative estimate of drug-likeness (QED) is 0.307. The van der Waals surface area contributed by atoms with Gasteiger partial charge < -0.3 is 25.0 Å². The third-order valence-electron chi connectivity index (χ3n) is 6.82. The van der Waals surface area contributed by atoms with Crippen molar-refractivity contribution in [3.05, 3.63) is 23.8 Å². The molecule has 0 aliphatic carbocycles. The molecule has 0 saturated carbocycles.